The van der Waals surface area contributed by atoms with E-state index >= 15 is 0 Å². The molecule has 6 nitrogen and oxygen atoms in total. The Morgan fingerprint density at radius 1 is 1.37 bits per heavy atom. The van der Waals surface area contributed by atoms with Gasteiger partial charge in [0.25, 0.3) is 0 Å². The zero-order valence-electron chi connectivity index (χ0n) is 10.3. The van der Waals surface area contributed by atoms with E-state index < -0.39 is 0 Å². The Bertz CT molecular complexity index is 804. The molecule has 1 aromatic carbocycles. The molecule has 6 heteroatoms. The van der Waals surface area contributed by atoms with Crippen molar-refractivity contribution in [2.24, 2.45) is 7.05 Å². The number of imidazole rings is 1. The molecule has 0 unspecified atom stereocenters. The van der Waals surface area contributed by atoms with E-state index in [0.29, 0.717) is 28.4 Å². The number of rotatable bonds is 2. The summed E-state index contributed by atoms with van der Waals surface area (Å²) in [6, 6.07) is 8.79. The first-order chi connectivity index (χ1) is 9.15. The van der Waals surface area contributed by atoms with E-state index in [2.05, 4.69) is 9.97 Å². The minimum atomic E-state index is -0.230. The average Bonchev–Trinajstić information content (AvgIpc) is 2.67. The predicted octanol–water partition coefficient (Wildman–Crippen LogP) is 1.64. The average molecular weight is 256 g/mol. The van der Waals surface area contributed by atoms with Crippen LogP contribution in [0.2, 0.25) is 0 Å². The van der Waals surface area contributed by atoms with Gasteiger partial charge in [0.15, 0.2) is 11.4 Å². The number of nitrogen functional groups attached to an aromatic ring is 1. The van der Waals surface area contributed by atoms with Crippen molar-refractivity contribution in [1.29, 1.82) is 0 Å². The van der Waals surface area contributed by atoms with Crippen molar-refractivity contribution in [2.45, 2.75) is 0 Å². The molecular weight excluding hydrogens is 244 g/mol. The molecule has 0 bridgehead atoms. The van der Waals surface area contributed by atoms with Crippen molar-refractivity contribution in [2.75, 3.05) is 5.73 Å². The van der Waals surface area contributed by atoms with Crippen LogP contribution in [0.4, 0.5) is 5.69 Å². The van der Waals surface area contributed by atoms with E-state index in [0.717, 1.165) is 0 Å². The van der Waals surface area contributed by atoms with E-state index in [1.165, 1.54) is 4.57 Å². The Labute approximate surface area is 108 Å². The summed E-state index contributed by atoms with van der Waals surface area (Å²) < 4.78 is 7.17. The van der Waals surface area contributed by atoms with E-state index in [1.807, 2.05) is 0 Å². The molecule has 2 heterocycles. The summed E-state index contributed by atoms with van der Waals surface area (Å²) in [5.74, 6) is 1.14. The number of aryl methyl sites for hydroxylation is 1. The first-order valence-electron chi connectivity index (χ1n) is 5.72. The molecule has 0 aliphatic heterocycles. The summed E-state index contributed by atoms with van der Waals surface area (Å²) in [6.45, 7) is 0. The molecular formula is C13H12N4O2. The fraction of sp³-hybridized carbons (Fsp3) is 0.0769. The lowest BCUT2D eigenvalue weighted by molar-refractivity contribution is 0.487. The number of nitrogens with two attached hydrogens (primary N) is 1. The van der Waals surface area contributed by atoms with Gasteiger partial charge < -0.3 is 15.5 Å². The van der Waals surface area contributed by atoms with Crippen LogP contribution >= 0.6 is 0 Å². The molecule has 96 valence electrons. The summed E-state index contributed by atoms with van der Waals surface area (Å²) in [6.07, 6.45) is 1.59. The lowest BCUT2D eigenvalue weighted by Crippen LogP contribution is -2.12. The second-order valence-corrected chi connectivity index (χ2v) is 4.17. The van der Waals surface area contributed by atoms with Crippen molar-refractivity contribution in [3.05, 3.63) is 47.0 Å². The van der Waals surface area contributed by atoms with Crippen molar-refractivity contribution in [1.82, 2.24) is 14.5 Å². The van der Waals surface area contributed by atoms with Crippen molar-refractivity contribution >= 4 is 16.9 Å². The maximum absolute atomic E-state index is 11.6. The zero-order valence-corrected chi connectivity index (χ0v) is 10.3. The first-order valence-corrected chi connectivity index (χ1v) is 5.72. The number of fused-ring (bicyclic) bond motifs is 1. The Balaban J connectivity index is 2.11. The molecule has 0 spiro atoms. The van der Waals surface area contributed by atoms with Gasteiger partial charge in [-0.05, 0) is 12.1 Å². The number of hydrogen-bond donors (Lipinski definition) is 2. The summed E-state index contributed by atoms with van der Waals surface area (Å²) in [7, 11) is 1.65. The Hall–Kier alpha value is -2.76. The van der Waals surface area contributed by atoms with Gasteiger partial charge in [0.05, 0.1) is 0 Å². The Morgan fingerprint density at radius 2 is 2.21 bits per heavy atom. The van der Waals surface area contributed by atoms with E-state index in [-0.39, 0.29) is 5.69 Å². The summed E-state index contributed by atoms with van der Waals surface area (Å²) >= 11 is 0. The smallest absolute Gasteiger partial charge is 0.327 e. The number of anilines is 1. The first kappa shape index (κ1) is 11.3. The lowest BCUT2D eigenvalue weighted by Gasteiger charge is -2.06. The molecule has 0 aliphatic carbocycles. The topological polar surface area (TPSA) is 85.9 Å². The molecule has 0 amide bonds. The highest BCUT2D eigenvalue weighted by Gasteiger charge is 2.10. The molecule has 0 atom stereocenters. The molecule has 0 fully saturated rings. The van der Waals surface area contributed by atoms with Gasteiger partial charge in [0.1, 0.15) is 11.3 Å². The second-order valence-electron chi connectivity index (χ2n) is 4.17. The zero-order chi connectivity index (χ0) is 13.4. The second kappa shape index (κ2) is 4.16. The highest BCUT2D eigenvalue weighted by atomic mass is 16.5. The van der Waals surface area contributed by atoms with Crippen LogP contribution in [0.3, 0.4) is 0 Å². The van der Waals surface area contributed by atoms with E-state index in [4.69, 9.17) is 10.5 Å². The number of aromatic amines is 1. The molecule has 3 aromatic rings. The number of nitrogens with zero attached hydrogens (tertiary/aromatic N) is 2. The number of ether oxygens (including phenoxy) is 1. The van der Waals surface area contributed by atoms with Gasteiger partial charge in [0.2, 0.25) is 0 Å². The van der Waals surface area contributed by atoms with Gasteiger partial charge >= 0.3 is 5.69 Å². The number of pyridine rings is 1. The minimum Gasteiger partial charge on any atom is -0.455 e. The van der Waals surface area contributed by atoms with Crippen LogP contribution in [0, 0.1) is 0 Å². The highest BCUT2D eigenvalue weighted by Crippen LogP contribution is 2.27. The number of nitrogens with one attached hydrogen (secondary N) is 1. The highest BCUT2D eigenvalue weighted by molar-refractivity contribution is 5.78. The number of hydrogen-bond acceptors (Lipinski definition) is 4. The SMILES string of the molecule is Cn1c(=O)[nH]c2c(Oc3cccc(N)c3)ccnc21. The van der Waals surface area contributed by atoms with Crippen LogP contribution in [0.15, 0.2) is 41.3 Å². The number of H-pyrrole nitrogens is 1. The van der Waals surface area contributed by atoms with Gasteiger partial charge in [-0.3, -0.25) is 4.57 Å². The van der Waals surface area contributed by atoms with Crippen LogP contribution in [-0.2, 0) is 7.05 Å². The molecule has 0 aliphatic rings. The van der Waals surface area contributed by atoms with Crippen LogP contribution in [0.5, 0.6) is 11.5 Å². The molecule has 2 aromatic heterocycles. The summed E-state index contributed by atoms with van der Waals surface area (Å²) in [5.41, 5.74) is 7.20. The minimum absolute atomic E-state index is 0.230. The molecule has 3 rings (SSSR count). The third-order valence-corrected chi connectivity index (χ3v) is 2.83. The Morgan fingerprint density at radius 3 is 3.00 bits per heavy atom. The standard InChI is InChI=1S/C13H12N4O2/c1-17-12-11(16-13(17)18)10(5-6-15-12)19-9-4-2-3-8(14)7-9/h2-7H,14H2,1H3,(H,16,18). The van der Waals surface area contributed by atoms with Gasteiger partial charge in [-0.2, -0.15) is 0 Å². The van der Waals surface area contributed by atoms with Crippen LogP contribution < -0.4 is 16.2 Å². The molecule has 3 N–H and O–H groups in total. The van der Waals surface area contributed by atoms with E-state index in [9.17, 15) is 4.79 Å². The van der Waals surface area contributed by atoms with Gasteiger partial charge in [-0.1, -0.05) is 6.07 Å². The molecule has 0 saturated heterocycles. The van der Waals surface area contributed by atoms with Crippen LogP contribution in [-0.4, -0.2) is 14.5 Å². The van der Waals surface area contributed by atoms with Crippen LogP contribution in [0.1, 0.15) is 0 Å². The largest absolute Gasteiger partial charge is 0.455 e. The van der Waals surface area contributed by atoms with Crippen molar-refractivity contribution < 1.29 is 4.74 Å². The van der Waals surface area contributed by atoms with Gasteiger partial charge in [-0.25, -0.2) is 9.78 Å². The fourth-order valence-corrected chi connectivity index (χ4v) is 1.88. The summed E-state index contributed by atoms with van der Waals surface area (Å²) in [4.78, 5) is 18.5. The summed E-state index contributed by atoms with van der Waals surface area (Å²) in [5, 5.41) is 0. The van der Waals surface area contributed by atoms with Crippen LogP contribution in [0.25, 0.3) is 11.2 Å². The van der Waals surface area contributed by atoms with Gasteiger partial charge in [0, 0.05) is 31.1 Å². The molecule has 0 saturated carbocycles. The lowest BCUT2D eigenvalue weighted by atomic mass is 10.3. The normalized spacial score (nSPS) is 10.8. The maximum Gasteiger partial charge on any atom is 0.327 e. The van der Waals surface area contributed by atoms with Gasteiger partial charge in [-0.15, -0.1) is 0 Å². The molecule has 19 heavy (non-hydrogen) atoms. The quantitative estimate of drug-likeness (QED) is 0.682. The van der Waals surface area contributed by atoms with Crippen molar-refractivity contribution in [3.63, 3.8) is 0 Å². The Kier molecular flexibility index (Phi) is 2.49. The number of aromatic nitrogens is 3. The fourth-order valence-electron chi connectivity index (χ4n) is 1.88. The third-order valence-electron chi connectivity index (χ3n) is 2.83. The monoisotopic (exact) mass is 256 g/mol. The predicted molar refractivity (Wildman–Crippen MR) is 72.3 cm³/mol. The third kappa shape index (κ3) is 1.93. The van der Waals surface area contributed by atoms with E-state index in [1.54, 1.807) is 43.6 Å². The van der Waals surface area contributed by atoms with Crippen molar-refractivity contribution in [3.8, 4) is 11.5 Å². The number of benzene rings is 1. The maximum atomic E-state index is 11.6. The molecule has 0 radical (unpaired) electrons.